The standard InChI is InChI=1S/C13H16N2O2/c1-14-12(16)9-17-11-6-4-5-10(13(11)14)15-7-2-3-8-15/h4-6H,2-3,7-9H2,1H3. The Hall–Kier alpha value is -1.71. The van der Waals surface area contributed by atoms with Gasteiger partial charge in [-0.2, -0.15) is 0 Å². The van der Waals surface area contributed by atoms with E-state index in [1.807, 2.05) is 19.2 Å². The van der Waals surface area contributed by atoms with Gasteiger partial charge in [-0.05, 0) is 25.0 Å². The molecular formula is C13H16N2O2. The number of carbonyl (C=O) groups is 1. The van der Waals surface area contributed by atoms with E-state index in [1.165, 1.54) is 12.8 Å². The van der Waals surface area contributed by atoms with Gasteiger partial charge in [-0.15, -0.1) is 0 Å². The zero-order chi connectivity index (χ0) is 11.8. The van der Waals surface area contributed by atoms with Crippen molar-refractivity contribution in [3.05, 3.63) is 18.2 Å². The highest BCUT2D eigenvalue weighted by molar-refractivity contribution is 6.01. The number of hydrogen-bond donors (Lipinski definition) is 0. The van der Waals surface area contributed by atoms with Crippen LogP contribution in [-0.2, 0) is 4.79 Å². The molecule has 0 radical (unpaired) electrons. The van der Waals surface area contributed by atoms with E-state index in [1.54, 1.807) is 4.90 Å². The number of para-hydroxylation sites is 1. The van der Waals surface area contributed by atoms with Gasteiger partial charge in [0.15, 0.2) is 6.61 Å². The topological polar surface area (TPSA) is 32.8 Å². The number of rotatable bonds is 1. The van der Waals surface area contributed by atoms with Crippen LogP contribution in [0.5, 0.6) is 5.75 Å². The Morgan fingerprint density at radius 2 is 2.00 bits per heavy atom. The fraction of sp³-hybridized carbons (Fsp3) is 0.462. The molecule has 2 aliphatic heterocycles. The molecule has 0 aliphatic carbocycles. The Bertz CT molecular complexity index is 453. The van der Waals surface area contributed by atoms with Crippen LogP contribution in [0.15, 0.2) is 18.2 Å². The fourth-order valence-corrected chi connectivity index (χ4v) is 2.54. The lowest BCUT2D eigenvalue weighted by molar-refractivity contribution is -0.120. The number of carbonyl (C=O) groups excluding carboxylic acids is 1. The highest BCUT2D eigenvalue weighted by Gasteiger charge is 2.27. The van der Waals surface area contributed by atoms with Gasteiger partial charge in [0.05, 0.1) is 5.69 Å². The molecule has 90 valence electrons. The molecule has 3 rings (SSSR count). The highest BCUT2D eigenvalue weighted by atomic mass is 16.5. The van der Waals surface area contributed by atoms with E-state index in [0.29, 0.717) is 0 Å². The maximum atomic E-state index is 11.7. The monoisotopic (exact) mass is 232 g/mol. The van der Waals surface area contributed by atoms with Crippen LogP contribution in [0.3, 0.4) is 0 Å². The summed E-state index contributed by atoms with van der Waals surface area (Å²) in [5.74, 6) is 0.834. The Kier molecular flexibility index (Phi) is 2.42. The van der Waals surface area contributed by atoms with Gasteiger partial charge in [0.25, 0.3) is 5.91 Å². The zero-order valence-electron chi connectivity index (χ0n) is 9.98. The third-order valence-electron chi connectivity index (χ3n) is 3.49. The predicted molar refractivity (Wildman–Crippen MR) is 66.8 cm³/mol. The second-order valence-corrected chi connectivity index (χ2v) is 4.56. The van der Waals surface area contributed by atoms with Crippen molar-refractivity contribution in [1.82, 2.24) is 0 Å². The Morgan fingerprint density at radius 1 is 1.24 bits per heavy atom. The first-order valence-corrected chi connectivity index (χ1v) is 6.04. The summed E-state index contributed by atoms with van der Waals surface area (Å²) >= 11 is 0. The fourth-order valence-electron chi connectivity index (χ4n) is 2.54. The third-order valence-corrected chi connectivity index (χ3v) is 3.49. The minimum absolute atomic E-state index is 0.0177. The second kappa shape index (κ2) is 3.95. The van der Waals surface area contributed by atoms with E-state index < -0.39 is 0 Å². The molecule has 1 aromatic rings. The number of fused-ring (bicyclic) bond motifs is 1. The van der Waals surface area contributed by atoms with Gasteiger partial charge in [-0.25, -0.2) is 0 Å². The molecule has 1 saturated heterocycles. The summed E-state index contributed by atoms with van der Waals surface area (Å²) in [6.07, 6.45) is 2.45. The lowest BCUT2D eigenvalue weighted by Gasteiger charge is -2.31. The molecule has 0 aromatic heterocycles. The number of amides is 1. The summed E-state index contributed by atoms with van der Waals surface area (Å²) in [6.45, 7) is 2.28. The molecule has 17 heavy (non-hydrogen) atoms. The van der Waals surface area contributed by atoms with E-state index in [4.69, 9.17) is 4.74 Å². The number of benzene rings is 1. The predicted octanol–water partition coefficient (Wildman–Crippen LogP) is 1.64. The normalized spacial score (nSPS) is 19.2. The first kappa shape index (κ1) is 10.4. The second-order valence-electron chi connectivity index (χ2n) is 4.56. The molecule has 4 nitrogen and oxygen atoms in total. The van der Waals surface area contributed by atoms with E-state index >= 15 is 0 Å². The van der Waals surface area contributed by atoms with Crippen molar-refractivity contribution in [3.8, 4) is 5.75 Å². The highest BCUT2D eigenvalue weighted by Crippen LogP contribution is 2.40. The summed E-state index contributed by atoms with van der Waals surface area (Å²) in [7, 11) is 1.82. The number of likely N-dealkylation sites (N-methyl/N-ethyl adjacent to an activating group) is 1. The molecule has 0 unspecified atom stereocenters. The number of anilines is 2. The molecule has 1 fully saturated rings. The van der Waals surface area contributed by atoms with Crippen LogP contribution in [0.25, 0.3) is 0 Å². The van der Waals surface area contributed by atoms with Crippen molar-refractivity contribution < 1.29 is 9.53 Å². The van der Waals surface area contributed by atoms with Gasteiger partial charge >= 0.3 is 0 Å². The molecule has 4 heteroatoms. The molecule has 0 saturated carbocycles. The molecule has 1 aromatic carbocycles. The maximum Gasteiger partial charge on any atom is 0.264 e. The summed E-state index contributed by atoms with van der Waals surface area (Å²) in [5.41, 5.74) is 2.04. The minimum atomic E-state index is 0.0177. The van der Waals surface area contributed by atoms with Crippen LogP contribution >= 0.6 is 0 Å². The van der Waals surface area contributed by atoms with Crippen molar-refractivity contribution in [3.63, 3.8) is 0 Å². The first-order chi connectivity index (χ1) is 8.27. The number of hydrogen-bond acceptors (Lipinski definition) is 3. The quantitative estimate of drug-likeness (QED) is 0.738. The van der Waals surface area contributed by atoms with E-state index in [-0.39, 0.29) is 12.5 Å². The van der Waals surface area contributed by atoms with Crippen molar-refractivity contribution in [2.45, 2.75) is 12.8 Å². The van der Waals surface area contributed by atoms with E-state index in [0.717, 1.165) is 30.2 Å². The van der Waals surface area contributed by atoms with Crippen molar-refractivity contribution in [1.29, 1.82) is 0 Å². The Morgan fingerprint density at radius 3 is 2.76 bits per heavy atom. The average molecular weight is 232 g/mol. The molecule has 2 heterocycles. The molecule has 2 aliphatic rings. The Labute approximate surface area is 101 Å². The van der Waals surface area contributed by atoms with E-state index in [9.17, 15) is 4.79 Å². The Balaban J connectivity index is 2.07. The van der Waals surface area contributed by atoms with E-state index in [2.05, 4.69) is 11.0 Å². The largest absolute Gasteiger partial charge is 0.481 e. The molecular weight excluding hydrogens is 216 g/mol. The number of ether oxygens (including phenoxy) is 1. The van der Waals surface area contributed by atoms with Crippen LogP contribution in [0.4, 0.5) is 11.4 Å². The lowest BCUT2D eigenvalue weighted by Crippen LogP contribution is -2.37. The maximum absolute atomic E-state index is 11.7. The molecule has 1 amide bonds. The SMILES string of the molecule is CN1C(=O)COc2cccc(N3CCCC3)c21. The van der Waals surface area contributed by atoms with Crippen LogP contribution in [0, 0.1) is 0 Å². The van der Waals surface area contributed by atoms with Crippen molar-refractivity contribution in [2.24, 2.45) is 0 Å². The van der Waals surface area contributed by atoms with Gasteiger partial charge in [-0.3, -0.25) is 4.79 Å². The third kappa shape index (κ3) is 1.64. The number of nitrogens with zero attached hydrogens (tertiary/aromatic N) is 2. The molecule has 0 N–H and O–H groups in total. The first-order valence-electron chi connectivity index (χ1n) is 6.04. The van der Waals surface area contributed by atoms with Gasteiger partial charge in [0.2, 0.25) is 0 Å². The van der Waals surface area contributed by atoms with Crippen LogP contribution in [-0.4, -0.2) is 32.7 Å². The summed E-state index contributed by atoms with van der Waals surface area (Å²) in [6, 6.07) is 6.00. The summed E-state index contributed by atoms with van der Waals surface area (Å²) < 4.78 is 5.49. The van der Waals surface area contributed by atoms with Gasteiger partial charge < -0.3 is 14.5 Å². The smallest absolute Gasteiger partial charge is 0.264 e. The minimum Gasteiger partial charge on any atom is -0.481 e. The van der Waals surface area contributed by atoms with Crippen molar-refractivity contribution in [2.75, 3.05) is 36.5 Å². The van der Waals surface area contributed by atoms with Gasteiger partial charge in [0, 0.05) is 20.1 Å². The zero-order valence-corrected chi connectivity index (χ0v) is 9.98. The van der Waals surface area contributed by atoms with Crippen molar-refractivity contribution >= 4 is 17.3 Å². The molecule has 0 spiro atoms. The van der Waals surface area contributed by atoms with Crippen LogP contribution in [0.1, 0.15) is 12.8 Å². The summed E-state index contributed by atoms with van der Waals surface area (Å²) in [5, 5.41) is 0. The van der Waals surface area contributed by atoms with Gasteiger partial charge in [-0.1, -0.05) is 6.07 Å². The lowest BCUT2D eigenvalue weighted by atomic mass is 10.2. The van der Waals surface area contributed by atoms with Crippen LogP contribution in [0.2, 0.25) is 0 Å². The van der Waals surface area contributed by atoms with Gasteiger partial charge in [0.1, 0.15) is 11.4 Å². The molecule has 0 bridgehead atoms. The summed E-state index contributed by atoms with van der Waals surface area (Å²) in [4.78, 5) is 15.8. The van der Waals surface area contributed by atoms with Crippen LogP contribution < -0.4 is 14.5 Å². The molecule has 0 atom stereocenters. The average Bonchev–Trinajstić information content (AvgIpc) is 2.87.